The molecule has 4 heteroatoms. The Balaban J connectivity index is 1.90. The summed E-state index contributed by atoms with van der Waals surface area (Å²) in [5, 5.41) is 9.86. The van der Waals surface area contributed by atoms with Crippen LogP contribution in [0.2, 0.25) is 0 Å². The molecule has 94 valence electrons. The summed E-state index contributed by atoms with van der Waals surface area (Å²) in [6, 6.07) is 0. The van der Waals surface area contributed by atoms with Crippen LogP contribution >= 0.6 is 0 Å². The first kappa shape index (κ1) is 12.4. The van der Waals surface area contributed by atoms with Gasteiger partial charge in [0.15, 0.2) is 0 Å². The van der Waals surface area contributed by atoms with E-state index >= 15 is 0 Å². The highest BCUT2D eigenvalue weighted by Crippen LogP contribution is 2.38. The third-order valence-corrected chi connectivity index (χ3v) is 5.73. The summed E-state index contributed by atoms with van der Waals surface area (Å²) >= 11 is 0. The van der Waals surface area contributed by atoms with Gasteiger partial charge in [-0.25, -0.2) is 8.42 Å². The fraction of sp³-hybridized carbons (Fsp3) is 1.00. The number of aliphatic hydroxyl groups is 1. The SMILES string of the molecule is CS(=O)(=O)C1CCCC(C(O)CC2CC2)C1. The summed E-state index contributed by atoms with van der Waals surface area (Å²) in [4.78, 5) is 0. The third-order valence-electron chi connectivity index (χ3n) is 4.09. The van der Waals surface area contributed by atoms with E-state index in [1.54, 1.807) is 0 Å². The van der Waals surface area contributed by atoms with Crippen LogP contribution in [0.25, 0.3) is 0 Å². The smallest absolute Gasteiger partial charge is 0.150 e. The lowest BCUT2D eigenvalue weighted by molar-refractivity contribution is 0.0732. The highest BCUT2D eigenvalue weighted by Gasteiger charge is 2.34. The molecule has 2 fully saturated rings. The first-order chi connectivity index (χ1) is 7.47. The molecule has 0 amide bonds. The monoisotopic (exact) mass is 246 g/mol. The van der Waals surface area contributed by atoms with Gasteiger partial charge in [0.25, 0.3) is 0 Å². The summed E-state index contributed by atoms with van der Waals surface area (Å²) in [5.41, 5.74) is 0. The summed E-state index contributed by atoms with van der Waals surface area (Å²) in [6.07, 6.45) is 7.85. The van der Waals surface area contributed by atoms with Crippen molar-refractivity contribution in [3.8, 4) is 0 Å². The van der Waals surface area contributed by atoms with Crippen molar-refractivity contribution in [2.45, 2.75) is 56.3 Å². The summed E-state index contributed by atoms with van der Waals surface area (Å²) in [6.45, 7) is 0. The van der Waals surface area contributed by atoms with E-state index in [1.165, 1.54) is 19.1 Å². The van der Waals surface area contributed by atoms with Gasteiger partial charge in [0.2, 0.25) is 0 Å². The summed E-state index contributed by atoms with van der Waals surface area (Å²) < 4.78 is 23.0. The Hall–Kier alpha value is -0.0900. The van der Waals surface area contributed by atoms with Gasteiger partial charge in [-0.1, -0.05) is 19.3 Å². The number of hydrogen-bond donors (Lipinski definition) is 1. The average Bonchev–Trinajstić information content (AvgIpc) is 3.00. The maximum absolute atomic E-state index is 11.5. The van der Waals surface area contributed by atoms with Gasteiger partial charge in [-0.3, -0.25) is 0 Å². The molecule has 0 radical (unpaired) electrons. The van der Waals surface area contributed by atoms with Crippen molar-refractivity contribution in [2.75, 3.05) is 6.26 Å². The molecule has 0 heterocycles. The second kappa shape index (κ2) is 4.65. The Kier molecular flexibility index (Phi) is 3.59. The molecule has 0 aliphatic heterocycles. The van der Waals surface area contributed by atoms with Crippen LogP contribution in [-0.2, 0) is 9.84 Å². The number of aliphatic hydroxyl groups excluding tert-OH is 1. The van der Waals surface area contributed by atoms with E-state index < -0.39 is 9.84 Å². The van der Waals surface area contributed by atoms with E-state index in [9.17, 15) is 13.5 Å². The third kappa shape index (κ3) is 3.20. The van der Waals surface area contributed by atoms with Crippen LogP contribution in [0, 0.1) is 11.8 Å². The van der Waals surface area contributed by atoms with Crippen LogP contribution in [0.3, 0.4) is 0 Å². The van der Waals surface area contributed by atoms with Crippen LogP contribution in [-0.4, -0.2) is 31.1 Å². The number of rotatable bonds is 4. The maximum Gasteiger partial charge on any atom is 0.150 e. The van der Waals surface area contributed by atoms with E-state index in [4.69, 9.17) is 0 Å². The standard InChI is InChI=1S/C12H22O3S/c1-16(14,15)11-4-2-3-10(8-11)12(13)7-9-5-6-9/h9-13H,2-8H2,1H3. The Morgan fingerprint density at radius 3 is 2.50 bits per heavy atom. The molecule has 0 aromatic carbocycles. The Morgan fingerprint density at radius 1 is 1.25 bits per heavy atom. The van der Waals surface area contributed by atoms with Gasteiger partial charge in [-0.15, -0.1) is 0 Å². The fourth-order valence-electron chi connectivity index (χ4n) is 2.81. The van der Waals surface area contributed by atoms with Gasteiger partial charge in [0, 0.05) is 6.26 Å². The van der Waals surface area contributed by atoms with Crippen molar-refractivity contribution in [1.29, 1.82) is 0 Å². The molecule has 0 bridgehead atoms. The van der Waals surface area contributed by atoms with Gasteiger partial charge in [-0.2, -0.15) is 0 Å². The summed E-state index contributed by atoms with van der Waals surface area (Å²) in [7, 11) is -2.92. The lowest BCUT2D eigenvalue weighted by Crippen LogP contribution is -2.33. The summed E-state index contributed by atoms with van der Waals surface area (Å²) in [5.74, 6) is 0.933. The Bertz CT molecular complexity index is 332. The maximum atomic E-state index is 11.5. The molecule has 0 aromatic heterocycles. The molecule has 2 saturated carbocycles. The van der Waals surface area contributed by atoms with Crippen molar-refractivity contribution in [1.82, 2.24) is 0 Å². The van der Waals surface area contributed by atoms with E-state index in [-0.39, 0.29) is 17.3 Å². The van der Waals surface area contributed by atoms with Gasteiger partial charge in [0.05, 0.1) is 11.4 Å². The first-order valence-electron chi connectivity index (χ1n) is 6.33. The van der Waals surface area contributed by atoms with E-state index in [1.807, 2.05) is 0 Å². The zero-order valence-corrected chi connectivity index (χ0v) is 10.7. The molecule has 2 aliphatic rings. The van der Waals surface area contributed by atoms with Crippen LogP contribution < -0.4 is 0 Å². The Morgan fingerprint density at radius 2 is 1.94 bits per heavy atom. The second-order valence-electron chi connectivity index (χ2n) is 5.62. The van der Waals surface area contributed by atoms with Crippen molar-refractivity contribution >= 4 is 9.84 Å². The van der Waals surface area contributed by atoms with Gasteiger partial charge >= 0.3 is 0 Å². The second-order valence-corrected chi connectivity index (χ2v) is 7.95. The molecular formula is C12H22O3S. The average molecular weight is 246 g/mol. The van der Waals surface area contributed by atoms with Crippen molar-refractivity contribution in [2.24, 2.45) is 11.8 Å². The Labute approximate surface area is 98.2 Å². The van der Waals surface area contributed by atoms with Crippen molar-refractivity contribution in [3.63, 3.8) is 0 Å². The lowest BCUT2D eigenvalue weighted by atomic mass is 9.83. The number of hydrogen-bond acceptors (Lipinski definition) is 3. The van der Waals surface area contributed by atoms with E-state index in [0.717, 1.165) is 25.7 Å². The highest BCUT2D eigenvalue weighted by atomic mass is 32.2. The van der Waals surface area contributed by atoms with Crippen LogP contribution in [0.1, 0.15) is 44.9 Å². The van der Waals surface area contributed by atoms with Crippen molar-refractivity contribution < 1.29 is 13.5 Å². The van der Waals surface area contributed by atoms with E-state index in [2.05, 4.69) is 0 Å². The van der Waals surface area contributed by atoms with Crippen LogP contribution in [0.5, 0.6) is 0 Å². The quantitative estimate of drug-likeness (QED) is 0.822. The molecule has 3 unspecified atom stereocenters. The molecule has 2 rings (SSSR count). The number of sulfone groups is 1. The minimum atomic E-state index is -2.92. The molecule has 0 aromatic rings. The molecule has 0 spiro atoms. The molecule has 2 aliphatic carbocycles. The lowest BCUT2D eigenvalue weighted by Gasteiger charge is -2.31. The fourth-order valence-corrected chi connectivity index (χ4v) is 4.00. The van der Waals surface area contributed by atoms with Crippen molar-refractivity contribution in [3.05, 3.63) is 0 Å². The topological polar surface area (TPSA) is 54.4 Å². The molecule has 0 saturated heterocycles. The van der Waals surface area contributed by atoms with Crippen LogP contribution in [0.15, 0.2) is 0 Å². The minimum Gasteiger partial charge on any atom is -0.393 e. The van der Waals surface area contributed by atoms with Gasteiger partial charge < -0.3 is 5.11 Å². The zero-order valence-electron chi connectivity index (χ0n) is 9.93. The first-order valence-corrected chi connectivity index (χ1v) is 8.29. The largest absolute Gasteiger partial charge is 0.393 e. The van der Waals surface area contributed by atoms with Gasteiger partial charge in [0.1, 0.15) is 9.84 Å². The molecular weight excluding hydrogens is 224 g/mol. The molecule has 3 atom stereocenters. The predicted octanol–water partition coefficient (Wildman–Crippen LogP) is 1.75. The predicted molar refractivity (Wildman–Crippen MR) is 63.9 cm³/mol. The zero-order chi connectivity index (χ0) is 11.8. The van der Waals surface area contributed by atoms with Gasteiger partial charge in [-0.05, 0) is 37.5 Å². The minimum absolute atomic E-state index is 0.208. The highest BCUT2D eigenvalue weighted by molar-refractivity contribution is 7.91. The van der Waals surface area contributed by atoms with Crippen LogP contribution in [0.4, 0.5) is 0 Å². The molecule has 16 heavy (non-hydrogen) atoms. The van der Waals surface area contributed by atoms with E-state index in [0.29, 0.717) is 12.3 Å². The normalized spacial score (nSPS) is 33.6. The molecule has 3 nitrogen and oxygen atoms in total. The molecule has 1 N–H and O–H groups in total.